The number of aromatic nitrogens is 3. The number of fused-ring (bicyclic) bond motifs is 1. The van der Waals surface area contributed by atoms with Crippen molar-refractivity contribution >= 4 is 21.8 Å². The number of para-hydroxylation sites is 2. The molecule has 0 saturated carbocycles. The second-order valence-corrected chi connectivity index (χ2v) is 5.13. The normalized spacial score (nSPS) is 12.7. The number of hydrogen-bond donors (Lipinski definition) is 0. The highest BCUT2D eigenvalue weighted by Gasteiger charge is 2.14. The monoisotopic (exact) mass is 257 g/mol. The molecule has 0 N–H and O–H groups in total. The van der Waals surface area contributed by atoms with Gasteiger partial charge in [-0.15, -0.1) is 0 Å². The summed E-state index contributed by atoms with van der Waals surface area (Å²) in [6.45, 7) is 0. The van der Waals surface area contributed by atoms with E-state index in [0.29, 0.717) is 5.16 Å². The highest BCUT2D eigenvalue weighted by atomic mass is 32.2. The van der Waals surface area contributed by atoms with Crippen LogP contribution in [0, 0.1) is 0 Å². The first-order chi connectivity index (χ1) is 8.77. The van der Waals surface area contributed by atoms with Crippen LogP contribution in [0.2, 0.25) is 0 Å². The second-order valence-electron chi connectivity index (χ2n) is 3.86. The Bertz CT molecular complexity index is 721. The number of pyridine rings is 1. The molecule has 0 aliphatic carbocycles. The van der Waals surface area contributed by atoms with Gasteiger partial charge < -0.3 is 0 Å². The minimum Gasteiger partial charge on any atom is -0.269 e. The lowest BCUT2D eigenvalue weighted by Gasteiger charge is -2.05. The van der Waals surface area contributed by atoms with E-state index < -0.39 is 10.8 Å². The van der Waals surface area contributed by atoms with E-state index in [1.54, 1.807) is 12.5 Å². The largest absolute Gasteiger partial charge is 0.269 e. The van der Waals surface area contributed by atoms with Crippen molar-refractivity contribution in [1.29, 1.82) is 0 Å². The molecule has 4 nitrogen and oxygen atoms in total. The van der Waals surface area contributed by atoms with Crippen LogP contribution >= 0.6 is 0 Å². The van der Waals surface area contributed by atoms with Crippen molar-refractivity contribution in [1.82, 2.24) is 14.5 Å². The lowest BCUT2D eigenvalue weighted by atomic mass is 10.3. The van der Waals surface area contributed by atoms with Crippen molar-refractivity contribution in [2.24, 2.45) is 0 Å². The summed E-state index contributed by atoms with van der Waals surface area (Å²) in [6.07, 6.45) is 3.34. The van der Waals surface area contributed by atoms with Crippen molar-refractivity contribution in [2.45, 2.75) is 5.16 Å². The van der Waals surface area contributed by atoms with Gasteiger partial charge in [-0.1, -0.05) is 18.2 Å². The van der Waals surface area contributed by atoms with Gasteiger partial charge in [0.2, 0.25) is 5.16 Å². The van der Waals surface area contributed by atoms with Gasteiger partial charge in [-0.05, 0) is 24.3 Å². The summed E-state index contributed by atoms with van der Waals surface area (Å²) < 4.78 is 13.6. The van der Waals surface area contributed by atoms with E-state index in [-0.39, 0.29) is 0 Å². The molecule has 5 heteroatoms. The average molecular weight is 257 g/mol. The summed E-state index contributed by atoms with van der Waals surface area (Å²) in [5.41, 5.74) is 1.75. The smallest absolute Gasteiger partial charge is 0.205 e. The fraction of sp³-hybridized carbons (Fsp3) is 0.0769. The van der Waals surface area contributed by atoms with Gasteiger partial charge in [-0.2, -0.15) is 0 Å². The zero-order valence-electron chi connectivity index (χ0n) is 9.78. The first-order valence-corrected chi connectivity index (χ1v) is 7.05. The van der Waals surface area contributed by atoms with E-state index in [1.165, 1.54) is 0 Å². The second kappa shape index (κ2) is 4.34. The van der Waals surface area contributed by atoms with Crippen LogP contribution in [0.1, 0.15) is 0 Å². The first kappa shape index (κ1) is 11.1. The van der Waals surface area contributed by atoms with Crippen LogP contribution < -0.4 is 0 Å². The molecule has 0 bridgehead atoms. The van der Waals surface area contributed by atoms with Crippen LogP contribution in [0.5, 0.6) is 0 Å². The maximum atomic E-state index is 11.8. The molecule has 0 aliphatic rings. The molecule has 0 amide bonds. The summed E-state index contributed by atoms with van der Waals surface area (Å²) in [6, 6.07) is 13.3. The molecule has 1 atom stereocenters. The van der Waals surface area contributed by atoms with Crippen LogP contribution in [0.25, 0.3) is 16.9 Å². The van der Waals surface area contributed by atoms with E-state index in [2.05, 4.69) is 9.97 Å². The SMILES string of the molecule is CS(=O)c1nc2ccccc2n1-c1ccccn1. The molecule has 1 aromatic carbocycles. The maximum absolute atomic E-state index is 11.8. The Morgan fingerprint density at radius 1 is 1.11 bits per heavy atom. The minimum absolute atomic E-state index is 0.523. The number of imidazole rings is 1. The lowest BCUT2D eigenvalue weighted by Crippen LogP contribution is -2.04. The van der Waals surface area contributed by atoms with Gasteiger partial charge in [0.1, 0.15) is 5.82 Å². The minimum atomic E-state index is -1.16. The third-order valence-corrected chi connectivity index (χ3v) is 3.45. The number of benzene rings is 1. The summed E-state index contributed by atoms with van der Waals surface area (Å²) in [5.74, 6) is 0.733. The fourth-order valence-corrected chi connectivity index (χ4v) is 2.58. The Labute approximate surface area is 107 Å². The van der Waals surface area contributed by atoms with Crippen LogP contribution in [0.3, 0.4) is 0 Å². The topological polar surface area (TPSA) is 47.8 Å². The molecular weight excluding hydrogens is 246 g/mol. The molecule has 2 heterocycles. The number of rotatable bonds is 2. The lowest BCUT2D eigenvalue weighted by molar-refractivity contribution is 0.677. The van der Waals surface area contributed by atoms with E-state index in [0.717, 1.165) is 16.9 Å². The highest BCUT2D eigenvalue weighted by molar-refractivity contribution is 7.84. The van der Waals surface area contributed by atoms with E-state index >= 15 is 0 Å². The Morgan fingerprint density at radius 3 is 2.61 bits per heavy atom. The third kappa shape index (κ3) is 1.73. The van der Waals surface area contributed by atoms with Crippen molar-refractivity contribution < 1.29 is 4.21 Å². The average Bonchev–Trinajstić information content (AvgIpc) is 2.79. The molecule has 18 heavy (non-hydrogen) atoms. The molecule has 3 aromatic rings. The van der Waals surface area contributed by atoms with Gasteiger partial charge in [0.05, 0.1) is 21.8 Å². The van der Waals surface area contributed by atoms with E-state index in [4.69, 9.17) is 0 Å². The molecule has 90 valence electrons. The van der Waals surface area contributed by atoms with Crippen LogP contribution in [-0.4, -0.2) is 25.0 Å². The number of nitrogens with zero attached hydrogens (tertiary/aromatic N) is 3. The molecule has 0 saturated heterocycles. The Kier molecular flexibility index (Phi) is 2.68. The molecule has 0 radical (unpaired) electrons. The van der Waals surface area contributed by atoms with Crippen molar-refractivity contribution in [3.05, 3.63) is 48.7 Å². The summed E-state index contributed by atoms with van der Waals surface area (Å²) in [5, 5.41) is 0.523. The van der Waals surface area contributed by atoms with Gasteiger partial charge in [-0.3, -0.25) is 8.78 Å². The molecule has 2 aromatic heterocycles. The Balaban J connectivity index is 2.38. The zero-order valence-corrected chi connectivity index (χ0v) is 10.6. The number of hydrogen-bond acceptors (Lipinski definition) is 3. The summed E-state index contributed by atoms with van der Waals surface area (Å²) in [7, 11) is -1.16. The zero-order chi connectivity index (χ0) is 12.5. The highest BCUT2D eigenvalue weighted by Crippen LogP contribution is 2.21. The quantitative estimate of drug-likeness (QED) is 0.706. The Morgan fingerprint density at radius 2 is 1.89 bits per heavy atom. The van der Waals surface area contributed by atoms with Crippen LogP contribution in [0.4, 0.5) is 0 Å². The summed E-state index contributed by atoms with van der Waals surface area (Å²) in [4.78, 5) is 8.71. The molecule has 1 unspecified atom stereocenters. The van der Waals surface area contributed by atoms with E-state index in [9.17, 15) is 4.21 Å². The standard InChI is InChI=1S/C13H11N3OS/c1-18(17)13-15-10-6-2-3-7-11(10)16(13)12-8-4-5-9-14-12/h2-9H,1H3. The molecule has 0 aliphatic heterocycles. The van der Waals surface area contributed by atoms with Crippen molar-refractivity contribution in [3.8, 4) is 5.82 Å². The first-order valence-electron chi connectivity index (χ1n) is 5.49. The predicted octanol–water partition coefficient (Wildman–Crippen LogP) is 2.16. The van der Waals surface area contributed by atoms with Crippen LogP contribution in [-0.2, 0) is 10.8 Å². The fourth-order valence-electron chi connectivity index (χ4n) is 1.90. The molecular formula is C13H11N3OS. The predicted molar refractivity (Wildman–Crippen MR) is 71.2 cm³/mol. The maximum Gasteiger partial charge on any atom is 0.205 e. The van der Waals surface area contributed by atoms with Crippen LogP contribution in [0.15, 0.2) is 53.8 Å². The van der Waals surface area contributed by atoms with Crippen molar-refractivity contribution in [2.75, 3.05) is 6.26 Å². The van der Waals surface area contributed by atoms with Gasteiger partial charge in [0, 0.05) is 12.5 Å². The molecule has 0 fully saturated rings. The van der Waals surface area contributed by atoms with Gasteiger partial charge in [-0.25, -0.2) is 9.97 Å². The summed E-state index contributed by atoms with van der Waals surface area (Å²) >= 11 is 0. The van der Waals surface area contributed by atoms with E-state index in [1.807, 2.05) is 47.0 Å². The molecule has 0 spiro atoms. The molecule has 3 rings (SSSR count). The third-order valence-electron chi connectivity index (χ3n) is 2.67. The van der Waals surface area contributed by atoms with Gasteiger partial charge in [0.15, 0.2) is 0 Å². The van der Waals surface area contributed by atoms with Gasteiger partial charge in [0.25, 0.3) is 0 Å². The Hall–Kier alpha value is -2.01. The van der Waals surface area contributed by atoms with Gasteiger partial charge >= 0.3 is 0 Å². The van der Waals surface area contributed by atoms with Crippen molar-refractivity contribution in [3.63, 3.8) is 0 Å².